The SMILES string of the molecule is C=C/C=C(\C=C)CN1C[C@@H](C)[C@H](C(=O)OCC)C1. The van der Waals surface area contributed by atoms with Gasteiger partial charge in [-0.2, -0.15) is 0 Å². The third-order valence-corrected chi connectivity index (χ3v) is 3.28. The first-order chi connectivity index (χ1) is 8.62. The topological polar surface area (TPSA) is 29.5 Å². The fraction of sp³-hybridized carbons (Fsp3) is 0.533. The van der Waals surface area contributed by atoms with Crippen LogP contribution in [-0.4, -0.2) is 37.1 Å². The number of rotatable bonds is 6. The molecule has 0 aromatic heterocycles. The first kappa shape index (κ1) is 14.7. The maximum absolute atomic E-state index is 11.8. The Kier molecular flexibility index (Phi) is 5.86. The van der Waals surface area contributed by atoms with Gasteiger partial charge in [0.05, 0.1) is 12.5 Å². The smallest absolute Gasteiger partial charge is 0.310 e. The number of nitrogens with zero attached hydrogens (tertiary/aromatic N) is 1. The van der Waals surface area contributed by atoms with Crippen LogP contribution in [0.2, 0.25) is 0 Å². The maximum atomic E-state index is 11.8. The minimum atomic E-state index is -0.0691. The summed E-state index contributed by atoms with van der Waals surface area (Å²) in [7, 11) is 0. The van der Waals surface area contributed by atoms with Gasteiger partial charge < -0.3 is 4.74 Å². The highest BCUT2D eigenvalue weighted by Crippen LogP contribution is 2.24. The summed E-state index contributed by atoms with van der Waals surface area (Å²) in [5.74, 6) is 0.277. The van der Waals surface area contributed by atoms with Crippen LogP contribution in [0.15, 0.2) is 37.0 Å². The summed E-state index contributed by atoms with van der Waals surface area (Å²) in [6.07, 6.45) is 5.55. The molecule has 100 valence electrons. The van der Waals surface area contributed by atoms with Crippen LogP contribution < -0.4 is 0 Å². The second-order valence-electron chi connectivity index (χ2n) is 4.71. The number of likely N-dealkylation sites (tertiary alicyclic amines) is 1. The summed E-state index contributed by atoms with van der Waals surface area (Å²) in [4.78, 5) is 14.0. The number of hydrogen-bond acceptors (Lipinski definition) is 3. The number of esters is 1. The predicted molar refractivity (Wildman–Crippen MR) is 74.2 cm³/mol. The standard InChI is InChI=1S/C15H23NO2/c1-5-8-13(6-2)10-16-9-12(4)14(11-16)15(17)18-7-3/h5-6,8,12,14H,1-2,7,9-11H2,3-4H3/b13-8+/t12-,14-/m1/s1. The lowest BCUT2D eigenvalue weighted by Gasteiger charge is -2.15. The second-order valence-corrected chi connectivity index (χ2v) is 4.71. The molecule has 3 heteroatoms. The van der Waals surface area contributed by atoms with Crippen molar-refractivity contribution in [2.75, 3.05) is 26.2 Å². The Morgan fingerprint density at radius 1 is 1.44 bits per heavy atom. The molecule has 0 amide bonds. The van der Waals surface area contributed by atoms with Crippen molar-refractivity contribution < 1.29 is 9.53 Å². The van der Waals surface area contributed by atoms with Gasteiger partial charge in [-0.15, -0.1) is 0 Å². The molecule has 2 atom stereocenters. The van der Waals surface area contributed by atoms with Crippen molar-refractivity contribution in [2.24, 2.45) is 11.8 Å². The number of ether oxygens (including phenoxy) is 1. The van der Waals surface area contributed by atoms with Crippen LogP contribution in [-0.2, 0) is 9.53 Å². The van der Waals surface area contributed by atoms with E-state index in [4.69, 9.17) is 4.74 Å². The number of allylic oxidation sites excluding steroid dienone is 2. The molecule has 1 heterocycles. The van der Waals surface area contributed by atoms with E-state index in [1.165, 1.54) is 0 Å². The third-order valence-electron chi connectivity index (χ3n) is 3.28. The average Bonchev–Trinajstić information content (AvgIpc) is 2.70. The van der Waals surface area contributed by atoms with Gasteiger partial charge in [-0.1, -0.05) is 38.3 Å². The van der Waals surface area contributed by atoms with E-state index in [0.29, 0.717) is 12.5 Å². The Bertz CT molecular complexity index is 346. The van der Waals surface area contributed by atoms with Gasteiger partial charge in [-0.3, -0.25) is 9.69 Å². The van der Waals surface area contributed by atoms with Gasteiger partial charge in [0.15, 0.2) is 0 Å². The molecule has 0 saturated carbocycles. The summed E-state index contributed by atoms with van der Waals surface area (Å²) in [6.45, 7) is 14.4. The quantitative estimate of drug-likeness (QED) is 0.535. The van der Waals surface area contributed by atoms with Crippen molar-refractivity contribution in [2.45, 2.75) is 13.8 Å². The molecule has 0 aromatic carbocycles. The van der Waals surface area contributed by atoms with Crippen molar-refractivity contribution in [3.05, 3.63) is 37.0 Å². The van der Waals surface area contributed by atoms with E-state index >= 15 is 0 Å². The van der Waals surface area contributed by atoms with E-state index in [2.05, 4.69) is 25.0 Å². The molecule has 0 unspecified atom stereocenters. The van der Waals surface area contributed by atoms with Gasteiger partial charge in [0.25, 0.3) is 0 Å². The predicted octanol–water partition coefficient (Wildman–Crippen LogP) is 2.42. The molecule has 0 radical (unpaired) electrons. The summed E-state index contributed by atoms with van der Waals surface area (Å²) in [5.41, 5.74) is 1.13. The van der Waals surface area contributed by atoms with Crippen LogP contribution >= 0.6 is 0 Å². The number of carbonyl (C=O) groups excluding carboxylic acids is 1. The normalized spacial score (nSPS) is 24.9. The van der Waals surface area contributed by atoms with E-state index in [-0.39, 0.29) is 11.9 Å². The Labute approximate surface area is 110 Å². The largest absolute Gasteiger partial charge is 0.466 e. The number of carbonyl (C=O) groups is 1. The van der Waals surface area contributed by atoms with E-state index in [0.717, 1.165) is 25.2 Å². The summed E-state index contributed by atoms with van der Waals surface area (Å²) in [5, 5.41) is 0. The van der Waals surface area contributed by atoms with E-state index in [9.17, 15) is 4.79 Å². The van der Waals surface area contributed by atoms with Crippen molar-refractivity contribution in [1.82, 2.24) is 4.90 Å². The van der Waals surface area contributed by atoms with Crippen LogP contribution in [0, 0.1) is 11.8 Å². The zero-order chi connectivity index (χ0) is 13.5. The molecular formula is C15H23NO2. The van der Waals surface area contributed by atoms with Gasteiger partial charge in [0, 0.05) is 19.6 Å². The lowest BCUT2D eigenvalue weighted by molar-refractivity contribution is -0.148. The monoisotopic (exact) mass is 249 g/mol. The van der Waals surface area contributed by atoms with Gasteiger partial charge in [0.2, 0.25) is 0 Å². The average molecular weight is 249 g/mol. The molecule has 0 aromatic rings. The van der Waals surface area contributed by atoms with E-state index in [1.54, 1.807) is 6.08 Å². The molecule has 3 nitrogen and oxygen atoms in total. The van der Waals surface area contributed by atoms with Gasteiger partial charge in [0.1, 0.15) is 0 Å². The van der Waals surface area contributed by atoms with Crippen LogP contribution in [0.4, 0.5) is 0 Å². The van der Waals surface area contributed by atoms with Gasteiger partial charge in [-0.25, -0.2) is 0 Å². The molecular weight excluding hydrogens is 226 g/mol. The van der Waals surface area contributed by atoms with Crippen molar-refractivity contribution >= 4 is 5.97 Å². The van der Waals surface area contributed by atoms with Crippen LogP contribution in [0.1, 0.15) is 13.8 Å². The van der Waals surface area contributed by atoms with E-state index in [1.807, 2.05) is 19.1 Å². The van der Waals surface area contributed by atoms with Crippen LogP contribution in [0.25, 0.3) is 0 Å². The number of hydrogen-bond donors (Lipinski definition) is 0. The zero-order valence-corrected chi connectivity index (χ0v) is 11.4. The minimum Gasteiger partial charge on any atom is -0.466 e. The zero-order valence-electron chi connectivity index (χ0n) is 11.4. The molecule has 1 fully saturated rings. The third kappa shape index (κ3) is 3.84. The minimum absolute atomic E-state index is 0.000235. The lowest BCUT2D eigenvalue weighted by atomic mass is 9.99. The lowest BCUT2D eigenvalue weighted by Crippen LogP contribution is -2.26. The van der Waals surface area contributed by atoms with Crippen molar-refractivity contribution in [3.63, 3.8) is 0 Å². The van der Waals surface area contributed by atoms with Gasteiger partial charge in [-0.05, 0) is 18.4 Å². The first-order valence-electron chi connectivity index (χ1n) is 6.45. The maximum Gasteiger partial charge on any atom is 0.310 e. The van der Waals surface area contributed by atoms with Crippen LogP contribution in [0.5, 0.6) is 0 Å². The van der Waals surface area contributed by atoms with Gasteiger partial charge >= 0.3 is 5.97 Å². The molecule has 0 aliphatic carbocycles. The van der Waals surface area contributed by atoms with E-state index < -0.39 is 0 Å². The summed E-state index contributed by atoms with van der Waals surface area (Å²) >= 11 is 0. The molecule has 1 aliphatic rings. The fourth-order valence-electron chi connectivity index (χ4n) is 2.35. The Hall–Kier alpha value is -1.35. The molecule has 18 heavy (non-hydrogen) atoms. The highest BCUT2D eigenvalue weighted by Gasteiger charge is 2.35. The Balaban J connectivity index is 2.58. The second kappa shape index (κ2) is 7.17. The van der Waals surface area contributed by atoms with Crippen molar-refractivity contribution in [1.29, 1.82) is 0 Å². The highest BCUT2D eigenvalue weighted by molar-refractivity contribution is 5.73. The molecule has 0 bridgehead atoms. The molecule has 0 N–H and O–H groups in total. The highest BCUT2D eigenvalue weighted by atomic mass is 16.5. The fourth-order valence-corrected chi connectivity index (χ4v) is 2.35. The molecule has 1 rings (SSSR count). The summed E-state index contributed by atoms with van der Waals surface area (Å²) in [6, 6.07) is 0. The molecule has 0 spiro atoms. The summed E-state index contributed by atoms with van der Waals surface area (Å²) < 4.78 is 5.11. The van der Waals surface area contributed by atoms with Crippen molar-refractivity contribution in [3.8, 4) is 0 Å². The molecule has 1 saturated heterocycles. The molecule has 1 aliphatic heterocycles. The Morgan fingerprint density at radius 2 is 2.17 bits per heavy atom. The first-order valence-corrected chi connectivity index (χ1v) is 6.45. The van der Waals surface area contributed by atoms with Crippen LogP contribution in [0.3, 0.4) is 0 Å². The Morgan fingerprint density at radius 3 is 2.72 bits per heavy atom.